The third kappa shape index (κ3) is 4.00. The molecule has 1 rings (SSSR count). The van der Waals surface area contributed by atoms with E-state index in [0.717, 1.165) is 5.56 Å². The van der Waals surface area contributed by atoms with Gasteiger partial charge in [0.05, 0.1) is 12.2 Å². The number of anilines is 1. The Balaban J connectivity index is 2.96. The molecule has 1 aromatic rings. The highest BCUT2D eigenvalue weighted by Crippen LogP contribution is 2.23. The highest BCUT2D eigenvalue weighted by molar-refractivity contribution is 5.79. The van der Waals surface area contributed by atoms with Crippen molar-refractivity contribution in [3.63, 3.8) is 0 Å². The number of likely N-dealkylation sites (N-methyl/N-ethyl adjacent to an activating group) is 1. The maximum absolute atomic E-state index is 13.9. The second-order valence-corrected chi connectivity index (χ2v) is 4.61. The molecule has 100 valence electrons. The van der Waals surface area contributed by atoms with Gasteiger partial charge in [-0.25, -0.2) is 4.39 Å². The predicted octanol–water partition coefficient (Wildman–Crippen LogP) is 1.25. The van der Waals surface area contributed by atoms with Crippen molar-refractivity contribution in [3.05, 3.63) is 29.6 Å². The average molecular weight is 253 g/mol. The highest BCUT2D eigenvalue weighted by atomic mass is 19.1. The third-order valence-corrected chi connectivity index (χ3v) is 2.55. The molecule has 3 N–H and O–H groups in total. The lowest BCUT2D eigenvalue weighted by atomic mass is 10.1. The van der Waals surface area contributed by atoms with E-state index in [1.807, 2.05) is 19.9 Å². The number of carbonyl (C=O) groups is 1. The number of amides is 1. The van der Waals surface area contributed by atoms with Crippen LogP contribution in [0.25, 0.3) is 0 Å². The molecule has 0 bridgehead atoms. The van der Waals surface area contributed by atoms with Crippen LogP contribution < -0.4 is 16.0 Å². The lowest BCUT2D eigenvalue weighted by molar-refractivity contribution is -0.116. The van der Waals surface area contributed by atoms with Crippen molar-refractivity contribution in [1.29, 1.82) is 0 Å². The van der Waals surface area contributed by atoms with E-state index in [-0.39, 0.29) is 12.4 Å². The SMILES string of the molecule is CC(C)NCc1cccc(F)c1N(C)CC(N)=O. The summed E-state index contributed by atoms with van der Waals surface area (Å²) in [6.45, 7) is 4.58. The smallest absolute Gasteiger partial charge is 0.236 e. The summed E-state index contributed by atoms with van der Waals surface area (Å²) in [5.74, 6) is -0.828. The van der Waals surface area contributed by atoms with Gasteiger partial charge in [0.2, 0.25) is 5.91 Å². The van der Waals surface area contributed by atoms with Crippen LogP contribution in [0, 0.1) is 5.82 Å². The van der Waals surface area contributed by atoms with Gasteiger partial charge < -0.3 is 16.0 Å². The minimum atomic E-state index is -0.483. The first-order valence-electron chi connectivity index (χ1n) is 5.92. The van der Waals surface area contributed by atoms with Gasteiger partial charge in [-0.15, -0.1) is 0 Å². The minimum Gasteiger partial charge on any atom is -0.368 e. The molecular formula is C13H20FN3O. The van der Waals surface area contributed by atoms with Crippen LogP contribution in [0.3, 0.4) is 0 Å². The maximum atomic E-state index is 13.9. The minimum absolute atomic E-state index is 0.00435. The molecule has 0 fully saturated rings. The van der Waals surface area contributed by atoms with E-state index in [0.29, 0.717) is 18.3 Å². The summed E-state index contributed by atoms with van der Waals surface area (Å²) in [7, 11) is 1.65. The second-order valence-electron chi connectivity index (χ2n) is 4.61. The van der Waals surface area contributed by atoms with E-state index in [4.69, 9.17) is 5.73 Å². The standard InChI is InChI=1S/C13H20FN3O/c1-9(2)16-7-10-5-4-6-11(14)13(10)17(3)8-12(15)18/h4-6,9,16H,7-8H2,1-3H3,(H2,15,18). The fraction of sp³-hybridized carbons (Fsp3) is 0.462. The third-order valence-electron chi connectivity index (χ3n) is 2.55. The zero-order valence-corrected chi connectivity index (χ0v) is 11.0. The molecule has 0 radical (unpaired) electrons. The Hall–Kier alpha value is -1.62. The largest absolute Gasteiger partial charge is 0.368 e. The number of nitrogens with zero attached hydrogens (tertiary/aromatic N) is 1. The van der Waals surface area contributed by atoms with E-state index in [1.165, 1.54) is 11.0 Å². The summed E-state index contributed by atoms with van der Waals surface area (Å²) < 4.78 is 13.9. The lowest BCUT2D eigenvalue weighted by Crippen LogP contribution is -2.32. The van der Waals surface area contributed by atoms with Crippen LogP contribution in [0.1, 0.15) is 19.4 Å². The fourth-order valence-corrected chi connectivity index (χ4v) is 1.76. The first-order chi connectivity index (χ1) is 8.41. The number of hydrogen-bond acceptors (Lipinski definition) is 3. The van der Waals surface area contributed by atoms with Gasteiger partial charge >= 0.3 is 0 Å². The molecule has 0 atom stereocenters. The Morgan fingerprint density at radius 2 is 2.17 bits per heavy atom. The van der Waals surface area contributed by atoms with Crippen LogP contribution >= 0.6 is 0 Å². The highest BCUT2D eigenvalue weighted by Gasteiger charge is 2.14. The zero-order valence-electron chi connectivity index (χ0n) is 11.0. The molecule has 4 nitrogen and oxygen atoms in total. The Labute approximate surface area is 107 Å². The summed E-state index contributed by atoms with van der Waals surface area (Å²) >= 11 is 0. The van der Waals surface area contributed by atoms with Crippen LogP contribution in [0.5, 0.6) is 0 Å². The number of hydrogen-bond donors (Lipinski definition) is 2. The van der Waals surface area contributed by atoms with Crippen molar-refractivity contribution in [1.82, 2.24) is 5.32 Å². The number of nitrogens with two attached hydrogens (primary N) is 1. The van der Waals surface area contributed by atoms with E-state index in [9.17, 15) is 9.18 Å². The molecule has 18 heavy (non-hydrogen) atoms. The van der Waals surface area contributed by atoms with Gasteiger partial charge in [0.1, 0.15) is 5.82 Å². The quantitative estimate of drug-likeness (QED) is 0.802. The summed E-state index contributed by atoms with van der Waals surface area (Å²) in [6.07, 6.45) is 0. The van der Waals surface area contributed by atoms with Crippen molar-refractivity contribution < 1.29 is 9.18 Å². The average Bonchev–Trinajstić information content (AvgIpc) is 2.24. The second kappa shape index (κ2) is 6.35. The first kappa shape index (κ1) is 14.4. The van der Waals surface area contributed by atoms with Crippen LogP contribution in [-0.4, -0.2) is 25.5 Å². The van der Waals surface area contributed by atoms with Gasteiger partial charge in [0, 0.05) is 19.6 Å². The van der Waals surface area contributed by atoms with E-state index < -0.39 is 5.91 Å². The van der Waals surface area contributed by atoms with Crippen LogP contribution in [0.4, 0.5) is 10.1 Å². The van der Waals surface area contributed by atoms with Crippen LogP contribution in [-0.2, 0) is 11.3 Å². The zero-order chi connectivity index (χ0) is 13.7. The van der Waals surface area contributed by atoms with Crippen molar-refractivity contribution in [2.45, 2.75) is 26.4 Å². The number of halogens is 1. The van der Waals surface area contributed by atoms with Crippen molar-refractivity contribution in [2.24, 2.45) is 5.73 Å². The van der Waals surface area contributed by atoms with Crippen molar-refractivity contribution >= 4 is 11.6 Å². The van der Waals surface area contributed by atoms with Gasteiger partial charge in [-0.2, -0.15) is 0 Å². The number of primary amides is 1. The lowest BCUT2D eigenvalue weighted by Gasteiger charge is -2.22. The molecule has 1 aromatic carbocycles. The molecule has 0 spiro atoms. The summed E-state index contributed by atoms with van der Waals surface area (Å²) in [6, 6.07) is 5.19. The molecule has 0 aliphatic carbocycles. The Morgan fingerprint density at radius 3 is 2.72 bits per heavy atom. The summed E-state index contributed by atoms with van der Waals surface area (Å²) in [5.41, 5.74) is 6.37. The monoisotopic (exact) mass is 253 g/mol. The maximum Gasteiger partial charge on any atom is 0.236 e. The normalized spacial score (nSPS) is 10.7. The molecule has 0 aliphatic rings. The predicted molar refractivity (Wildman–Crippen MR) is 70.8 cm³/mol. The molecule has 5 heteroatoms. The molecule has 0 aliphatic heterocycles. The van der Waals surface area contributed by atoms with Gasteiger partial charge in [-0.05, 0) is 11.6 Å². The van der Waals surface area contributed by atoms with Crippen molar-refractivity contribution in [2.75, 3.05) is 18.5 Å². The summed E-state index contributed by atoms with van der Waals surface area (Å²) in [5, 5.41) is 3.23. The molecule has 0 saturated heterocycles. The first-order valence-corrected chi connectivity index (χ1v) is 5.92. The van der Waals surface area contributed by atoms with Gasteiger partial charge in [-0.3, -0.25) is 4.79 Å². The van der Waals surface area contributed by atoms with Gasteiger partial charge in [0.25, 0.3) is 0 Å². The van der Waals surface area contributed by atoms with E-state index >= 15 is 0 Å². The van der Waals surface area contributed by atoms with Crippen LogP contribution in [0.15, 0.2) is 18.2 Å². The Bertz CT molecular complexity index is 421. The topological polar surface area (TPSA) is 58.4 Å². The molecule has 0 aromatic heterocycles. The Morgan fingerprint density at radius 1 is 1.50 bits per heavy atom. The van der Waals surface area contributed by atoms with Gasteiger partial charge in [-0.1, -0.05) is 26.0 Å². The van der Waals surface area contributed by atoms with Crippen molar-refractivity contribution in [3.8, 4) is 0 Å². The number of para-hydroxylation sites is 1. The van der Waals surface area contributed by atoms with E-state index in [1.54, 1.807) is 13.1 Å². The molecule has 0 unspecified atom stereocenters. The number of rotatable bonds is 6. The van der Waals surface area contributed by atoms with Gasteiger partial charge in [0.15, 0.2) is 0 Å². The molecular weight excluding hydrogens is 233 g/mol. The number of nitrogens with one attached hydrogen (secondary N) is 1. The molecule has 0 saturated carbocycles. The number of benzene rings is 1. The van der Waals surface area contributed by atoms with Crippen LogP contribution in [0.2, 0.25) is 0 Å². The van der Waals surface area contributed by atoms with E-state index in [2.05, 4.69) is 5.32 Å². The fourth-order valence-electron chi connectivity index (χ4n) is 1.76. The molecule has 0 heterocycles. The summed E-state index contributed by atoms with van der Waals surface area (Å²) in [4.78, 5) is 12.5. The number of carbonyl (C=O) groups excluding carboxylic acids is 1. The molecule has 1 amide bonds. The Kier molecular flexibility index (Phi) is 5.09.